The predicted octanol–water partition coefficient (Wildman–Crippen LogP) is 0.396. The van der Waals surface area contributed by atoms with E-state index in [0.29, 0.717) is 12.7 Å². The normalized spacial score (nSPS) is 23.0. The van der Waals surface area contributed by atoms with Crippen LogP contribution in [0.2, 0.25) is 0 Å². The second kappa shape index (κ2) is 8.55. The average molecular weight is 265 g/mol. The molecule has 0 spiro atoms. The van der Waals surface area contributed by atoms with Gasteiger partial charge in [0.05, 0.1) is 12.6 Å². The molecule has 108 valence electrons. The van der Waals surface area contributed by atoms with E-state index in [1.165, 1.54) is 19.6 Å². The monoisotopic (exact) mass is 265 g/mol. The van der Waals surface area contributed by atoms with Crippen LogP contribution in [0.4, 0.5) is 0 Å². The summed E-state index contributed by atoms with van der Waals surface area (Å²) in [6.07, 6.45) is 2.67. The number of ether oxygens (including phenoxy) is 1. The quantitative estimate of drug-likeness (QED) is 0.745. The Morgan fingerprint density at radius 3 is 2.42 bits per heavy atom. The predicted molar refractivity (Wildman–Crippen MR) is 78.2 cm³/mol. The van der Waals surface area contributed by atoms with Crippen LogP contribution in [0.15, 0.2) is 0 Å². The number of rotatable bonds is 4. The van der Waals surface area contributed by atoms with Crippen LogP contribution in [0, 0.1) is 11.8 Å². The van der Waals surface area contributed by atoms with E-state index in [-0.39, 0.29) is 0 Å². The van der Waals surface area contributed by atoms with Crippen molar-refractivity contribution in [2.24, 2.45) is 0 Å². The second-order valence-electron chi connectivity index (χ2n) is 5.32. The third-order valence-corrected chi connectivity index (χ3v) is 4.02. The summed E-state index contributed by atoms with van der Waals surface area (Å²) in [6, 6.07) is 0. The third-order valence-electron chi connectivity index (χ3n) is 4.02. The van der Waals surface area contributed by atoms with Gasteiger partial charge in [-0.05, 0) is 32.5 Å². The highest BCUT2D eigenvalue weighted by molar-refractivity contribution is 5.02. The molecule has 2 rings (SSSR count). The van der Waals surface area contributed by atoms with Crippen molar-refractivity contribution in [2.75, 3.05) is 59.0 Å². The smallest absolute Gasteiger partial charge is 0.108 e. The molecule has 0 aromatic heterocycles. The summed E-state index contributed by atoms with van der Waals surface area (Å²) >= 11 is 0. The van der Waals surface area contributed by atoms with Crippen molar-refractivity contribution in [1.29, 1.82) is 0 Å². The Hall–Kier alpha value is -0.600. The molecule has 0 bridgehead atoms. The van der Waals surface area contributed by atoms with E-state index in [1.807, 2.05) is 0 Å². The fourth-order valence-electron chi connectivity index (χ4n) is 2.60. The van der Waals surface area contributed by atoms with E-state index in [2.05, 4.69) is 33.9 Å². The molecule has 19 heavy (non-hydrogen) atoms. The molecule has 2 aliphatic heterocycles. The van der Waals surface area contributed by atoms with Crippen LogP contribution in [0.3, 0.4) is 0 Å². The van der Waals surface area contributed by atoms with Gasteiger partial charge in [-0.25, -0.2) is 0 Å². The first-order valence-electron chi connectivity index (χ1n) is 7.61. The van der Waals surface area contributed by atoms with Crippen molar-refractivity contribution >= 4 is 0 Å². The maximum atomic E-state index is 5.77. The standard InChI is InChI=1S/C15H27N3O/c1-2-17-10-12-18(13-11-17)9-3-4-14-19-15-5-7-16-8-6-15/h15-16H,2,5-14H2,1H3. The molecule has 0 aromatic carbocycles. The molecule has 4 heteroatoms. The molecule has 0 aromatic rings. The first kappa shape index (κ1) is 14.8. The largest absolute Gasteiger partial charge is 0.365 e. The van der Waals surface area contributed by atoms with E-state index in [0.717, 1.165) is 45.6 Å². The van der Waals surface area contributed by atoms with Crippen LogP contribution in [0.1, 0.15) is 19.8 Å². The van der Waals surface area contributed by atoms with Crippen molar-refractivity contribution in [1.82, 2.24) is 15.1 Å². The molecular weight excluding hydrogens is 238 g/mol. The van der Waals surface area contributed by atoms with Gasteiger partial charge in [-0.15, -0.1) is 0 Å². The number of likely N-dealkylation sites (N-methyl/N-ethyl adjacent to an activating group) is 1. The van der Waals surface area contributed by atoms with E-state index in [1.54, 1.807) is 0 Å². The second-order valence-corrected chi connectivity index (χ2v) is 5.32. The molecule has 4 nitrogen and oxygen atoms in total. The summed E-state index contributed by atoms with van der Waals surface area (Å²) in [7, 11) is 0. The first-order valence-corrected chi connectivity index (χ1v) is 7.61. The average Bonchev–Trinajstić information content (AvgIpc) is 2.49. The van der Waals surface area contributed by atoms with Gasteiger partial charge in [-0.3, -0.25) is 4.90 Å². The van der Waals surface area contributed by atoms with Crippen LogP contribution in [0.5, 0.6) is 0 Å². The van der Waals surface area contributed by atoms with Crippen LogP contribution in [-0.4, -0.2) is 74.9 Å². The number of piperidine rings is 1. The van der Waals surface area contributed by atoms with Crippen LogP contribution < -0.4 is 5.32 Å². The summed E-state index contributed by atoms with van der Waals surface area (Å²) in [5, 5.41) is 3.34. The SMILES string of the molecule is CCN1CCN(CC#CCOC2CCNCC2)CC1. The maximum Gasteiger partial charge on any atom is 0.108 e. The topological polar surface area (TPSA) is 27.7 Å². The molecule has 0 atom stereocenters. The molecule has 0 radical (unpaired) electrons. The van der Waals surface area contributed by atoms with Gasteiger partial charge in [0.15, 0.2) is 0 Å². The lowest BCUT2D eigenvalue weighted by molar-refractivity contribution is 0.0547. The van der Waals surface area contributed by atoms with Crippen LogP contribution >= 0.6 is 0 Å². The molecule has 0 amide bonds. The summed E-state index contributed by atoms with van der Waals surface area (Å²) in [5.41, 5.74) is 0. The molecular formula is C15H27N3O. The Kier molecular flexibility index (Phi) is 6.66. The van der Waals surface area contributed by atoms with Crippen LogP contribution in [0.25, 0.3) is 0 Å². The van der Waals surface area contributed by atoms with Gasteiger partial charge < -0.3 is 15.0 Å². The zero-order valence-electron chi connectivity index (χ0n) is 12.2. The molecule has 1 N–H and O–H groups in total. The number of nitrogens with one attached hydrogen (secondary N) is 1. The van der Waals surface area contributed by atoms with Gasteiger partial charge in [-0.1, -0.05) is 18.8 Å². The van der Waals surface area contributed by atoms with Crippen molar-refractivity contribution < 1.29 is 4.74 Å². The lowest BCUT2D eigenvalue weighted by atomic mass is 10.1. The molecule has 0 unspecified atom stereocenters. The van der Waals surface area contributed by atoms with Crippen molar-refractivity contribution in [3.8, 4) is 11.8 Å². The number of piperazine rings is 1. The Bertz CT molecular complexity index is 296. The Labute approximate surface area is 117 Å². The summed E-state index contributed by atoms with van der Waals surface area (Å²) in [6.45, 7) is 11.7. The van der Waals surface area contributed by atoms with E-state index >= 15 is 0 Å². The Morgan fingerprint density at radius 1 is 1.05 bits per heavy atom. The van der Waals surface area contributed by atoms with Gasteiger partial charge >= 0.3 is 0 Å². The van der Waals surface area contributed by atoms with Gasteiger partial charge in [0.1, 0.15) is 6.61 Å². The zero-order valence-corrected chi connectivity index (χ0v) is 12.2. The van der Waals surface area contributed by atoms with Gasteiger partial charge in [-0.2, -0.15) is 0 Å². The Morgan fingerprint density at radius 2 is 1.74 bits per heavy atom. The fraction of sp³-hybridized carbons (Fsp3) is 0.867. The molecule has 2 heterocycles. The van der Waals surface area contributed by atoms with Crippen molar-refractivity contribution in [3.05, 3.63) is 0 Å². The first-order chi connectivity index (χ1) is 9.38. The van der Waals surface area contributed by atoms with E-state index in [9.17, 15) is 0 Å². The van der Waals surface area contributed by atoms with E-state index < -0.39 is 0 Å². The fourth-order valence-corrected chi connectivity index (χ4v) is 2.60. The number of hydrogen-bond acceptors (Lipinski definition) is 4. The summed E-state index contributed by atoms with van der Waals surface area (Å²) in [4.78, 5) is 4.92. The minimum absolute atomic E-state index is 0.420. The lowest BCUT2D eigenvalue weighted by Gasteiger charge is -2.32. The van der Waals surface area contributed by atoms with Gasteiger partial charge in [0.25, 0.3) is 0 Å². The van der Waals surface area contributed by atoms with Gasteiger partial charge in [0.2, 0.25) is 0 Å². The minimum Gasteiger partial charge on any atom is -0.365 e. The van der Waals surface area contributed by atoms with E-state index in [4.69, 9.17) is 4.74 Å². The summed E-state index contributed by atoms with van der Waals surface area (Å²) < 4.78 is 5.77. The highest BCUT2D eigenvalue weighted by Crippen LogP contribution is 2.06. The zero-order chi connectivity index (χ0) is 13.3. The molecule has 0 saturated carbocycles. The Balaban J connectivity index is 1.54. The third kappa shape index (κ3) is 5.50. The molecule has 0 aliphatic carbocycles. The summed E-state index contributed by atoms with van der Waals surface area (Å²) in [5.74, 6) is 6.40. The number of nitrogens with zero attached hydrogens (tertiary/aromatic N) is 2. The van der Waals surface area contributed by atoms with Crippen molar-refractivity contribution in [3.63, 3.8) is 0 Å². The minimum atomic E-state index is 0.420. The number of hydrogen-bond donors (Lipinski definition) is 1. The van der Waals surface area contributed by atoms with Crippen molar-refractivity contribution in [2.45, 2.75) is 25.9 Å². The molecule has 2 fully saturated rings. The molecule has 2 saturated heterocycles. The highest BCUT2D eigenvalue weighted by atomic mass is 16.5. The highest BCUT2D eigenvalue weighted by Gasteiger charge is 2.14. The maximum absolute atomic E-state index is 5.77. The van der Waals surface area contributed by atoms with Crippen LogP contribution in [-0.2, 0) is 4.74 Å². The molecule has 2 aliphatic rings. The van der Waals surface area contributed by atoms with Gasteiger partial charge in [0, 0.05) is 26.2 Å². The lowest BCUT2D eigenvalue weighted by Crippen LogP contribution is -2.46.